The number of carbonyl (C=O) groups is 1. The number of nitrogens with zero attached hydrogens (tertiary/aromatic N) is 3. The monoisotopic (exact) mass is 462 g/mol. The summed E-state index contributed by atoms with van der Waals surface area (Å²) in [6, 6.07) is 11.6. The second kappa shape index (κ2) is 10.4. The maximum atomic E-state index is 12.6. The predicted molar refractivity (Wildman–Crippen MR) is 124 cm³/mol. The lowest BCUT2D eigenvalue weighted by atomic mass is 10.2. The van der Waals surface area contributed by atoms with Gasteiger partial charge in [-0.05, 0) is 42.9 Å². The van der Waals surface area contributed by atoms with Crippen molar-refractivity contribution in [1.82, 2.24) is 10.2 Å². The maximum Gasteiger partial charge on any atom is 0.294 e. The minimum Gasteiger partial charge on any atom is -0.494 e. The number of nitro groups is 1. The Kier molecular flexibility index (Phi) is 7.64. The third kappa shape index (κ3) is 5.62. The lowest BCUT2D eigenvalue weighted by Crippen LogP contribution is -2.52. The zero-order valence-electron chi connectivity index (χ0n) is 17.0. The molecular weight excluding hydrogens is 440 g/mol. The van der Waals surface area contributed by atoms with E-state index in [1.807, 2.05) is 16.7 Å². The highest BCUT2D eigenvalue weighted by Gasteiger charge is 2.27. The van der Waals surface area contributed by atoms with Crippen LogP contribution in [0.2, 0.25) is 5.02 Å². The molecule has 0 unspecified atom stereocenters. The molecule has 1 fully saturated rings. The summed E-state index contributed by atoms with van der Waals surface area (Å²) in [4.78, 5) is 27.3. The Morgan fingerprint density at radius 2 is 1.94 bits per heavy atom. The van der Waals surface area contributed by atoms with Crippen LogP contribution in [0.25, 0.3) is 0 Å². The van der Waals surface area contributed by atoms with Gasteiger partial charge >= 0.3 is 0 Å². The van der Waals surface area contributed by atoms with Gasteiger partial charge in [0, 0.05) is 37.8 Å². The Labute approximate surface area is 190 Å². The van der Waals surface area contributed by atoms with Crippen LogP contribution in [0.15, 0.2) is 42.5 Å². The average Bonchev–Trinajstić information content (AvgIpc) is 2.77. The zero-order chi connectivity index (χ0) is 22.4. The van der Waals surface area contributed by atoms with Crippen LogP contribution in [-0.2, 0) is 0 Å². The van der Waals surface area contributed by atoms with Crippen LogP contribution in [0.1, 0.15) is 23.7 Å². The van der Waals surface area contributed by atoms with E-state index in [0.29, 0.717) is 59.9 Å². The standard InChI is InChI=1S/C21H23ClN4O4S/c1-2-13-30-16-6-3-5-15(14-16)20(27)23-21(31)25-11-9-24(10-12-25)19-17(22)7-4-8-18(19)26(28)29/h3-8,14H,2,9-13H2,1H3,(H,23,27,31). The molecule has 1 N–H and O–H groups in total. The van der Waals surface area contributed by atoms with Gasteiger partial charge in [0.15, 0.2) is 5.11 Å². The molecule has 8 nitrogen and oxygen atoms in total. The first-order chi connectivity index (χ1) is 14.9. The van der Waals surface area contributed by atoms with Gasteiger partial charge in [-0.1, -0.05) is 30.7 Å². The number of hydrogen-bond donors (Lipinski definition) is 1. The number of piperazine rings is 1. The number of hydrogen-bond acceptors (Lipinski definition) is 6. The first-order valence-electron chi connectivity index (χ1n) is 9.91. The van der Waals surface area contributed by atoms with Crippen LogP contribution < -0.4 is 15.0 Å². The highest BCUT2D eigenvalue weighted by Crippen LogP contribution is 2.35. The Morgan fingerprint density at radius 3 is 2.61 bits per heavy atom. The number of anilines is 1. The Balaban J connectivity index is 1.60. The van der Waals surface area contributed by atoms with Crippen molar-refractivity contribution in [2.75, 3.05) is 37.7 Å². The molecule has 0 bridgehead atoms. The fraction of sp³-hybridized carbons (Fsp3) is 0.333. The molecule has 0 atom stereocenters. The van der Waals surface area contributed by atoms with Crippen molar-refractivity contribution in [1.29, 1.82) is 0 Å². The van der Waals surface area contributed by atoms with Gasteiger partial charge in [-0.3, -0.25) is 20.2 Å². The Bertz CT molecular complexity index is 980. The van der Waals surface area contributed by atoms with Crippen molar-refractivity contribution in [3.05, 3.63) is 63.2 Å². The minimum absolute atomic E-state index is 0.0259. The quantitative estimate of drug-likeness (QED) is 0.396. The molecule has 1 heterocycles. The molecule has 31 heavy (non-hydrogen) atoms. The number of halogens is 1. The van der Waals surface area contributed by atoms with E-state index in [-0.39, 0.29) is 11.6 Å². The fourth-order valence-electron chi connectivity index (χ4n) is 3.29. The number of para-hydroxylation sites is 1. The number of thiocarbonyl (C=S) groups is 1. The van der Waals surface area contributed by atoms with Gasteiger partial charge in [0.25, 0.3) is 11.6 Å². The van der Waals surface area contributed by atoms with Crippen molar-refractivity contribution in [3.8, 4) is 5.75 Å². The minimum atomic E-state index is -0.434. The fourth-order valence-corrected chi connectivity index (χ4v) is 3.86. The maximum absolute atomic E-state index is 12.6. The summed E-state index contributed by atoms with van der Waals surface area (Å²) in [5.41, 5.74) is 0.843. The molecule has 0 aliphatic carbocycles. The lowest BCUT2D eigenvalue weighted by Gasteiger charge is -2.37. The van der Waals surface area contributed by atoms with Gasteiger partial charge in [-0.25, -0.2) is 0 Å². The van der Waals surface area contributed by atoms with E-state index < -0.39 is 4.92 Å². The summed E-state index contributed by atoms with van der Waals surface area (Å²) < 4.78 is 5.57. The van der Waals surface area contributed by atoms with Gasteiger partial charge < -0.3 is 14.5 Å². The lowest BCUT2D eigenvalue weighted by molar-refractivity contribution is -0.384. The number of amides is 1. The smallest absolute Gasteiger partial charge is 0.294 e. The van der Waals surface area contributed by atoms with Crippen molar-refractivity contribution in [2.45, 2.75) is 13.3 Å². The second-order valence-corrected chi connectivity index (χ2v) is 7.77. The van der Waals surface area contributed by atoms with Crippen LogP contribution in [-0.4, -0.2) is 53.6 Å². The van der Waals surface area contributed by atoms with E-state index in [1.165, 1.54) is 6.07 Å². The molecule has 2 aromatic carbocycles. The molecular formula is C21H23ClN4O4S. The summed E-state index contributed by atoms with van der Waals surface area (Å²) in [7, 11) is 0. The molecule has 1 saturated heterocycles. The SMILES string of the molecule is CCCOc1cccc(C(=O)NC(=S)N2CCN(c3c(Cl)cccc3[N+](=O)[O-])CC2)c1. The number of benzene rings is 2. The number of ether oxygens (including phenoxy) is 1. The highest BCUT2D eigenvalue weighted by molar-refractivity contribution is 7.80. The summed E-state index contributed by atoms with van der Waals surface area (Å²) >= 11 is 11.6. The Hall–Kier alpha value is -2.91. The van der Waals surface area contributed by atoms with Crippen molar-refractivity contribution in [2.24, 2.45) is 0 Å². The predicted octanol–water partition coefficient (Wildman–Crippen LogP) is 3.87. The van der Waals surface area contributed by atoms with Crippen molar-refractivity contribution >= 4 is 46.2 Å². The van der Waals surface area contributed by atoms with Crippen LogP contribution >= 0.6 is 23.8 Å². The summed E-state index contributed by atoms with van der Waals surface area (Å²) in [6.45, 7) is 4.57. The van der Waals surface area contributed by atoms with Gasteiger partial charge in [-0.15, -0.1) is 0 Å². The highest BCUT2D eigenvalue weighted by atomic mass is 35.5. The van der Waals surface area contributed by atoms with Gasteiger partial charge in [0.05, 0.1) is 16.6 Å². The van der Waals surface area contributed by atoms with Gasteiger partial charge in [0.1, 0.15) is 11.4 Å². The number of rotatable bonds is 6. The molecule has 0 saturated carbocycles. The molecule has 164 valence electrons. The first-order valence-corrected chi connectivity index (χ1v) is 10.7. The zero-order valence-corrected chi connectivity index (χ0v) is 18.6. The molecule has 0 spiro atoms. The van der Waals surface area contributed by atoms with Crippen LogP contribution in [0, 0.1) is 10.1 Å². The van der Waals surface area contributed by atoms with E-state index in [2.05, 4.69) is 5.32 Å². The third-order valence-electron chi connectivity index (χ3n) is 4.83. The van der Waals surface area contributed by atoms with Crippen molar-refractivity contribution in [3.63, 3.8) is 0 Å². The van der Waals surface area contributed by atoms with Crippen LogP contribution in [0.5, 0.6) is 5.75 Å². The average molecular weight is 463 g/mol. The first kappa shape index (κ1) is 22.8. The summed E-state index contributed by atoms with van der Waals surface area (Å²) in [6.07, 6.45) is 0.879. The molecule has 0 aromatic heterocycles. The normalized spacial score (nSPS) is 13.6. The summed E-state index contributed by atoms with van der Waals surface area (Å²) in [5.74, 6) is 0.325. The largest absolute Gasteiger partial charge is 0.494 e. The number of nitro benzene ring substituents is 1. The molecule has 1 amide bonds. The van der Waals surface area contributed by atoms with Crippen LogP contribution in [0.4, 0.5) is 11.4 Å². The van der Waals surface area contributed by atoms with E-state index in [1.54, 1.807) is 36.4 Å². The number of carbonyl (C=O) groups excluding carboxylic acids is 1. The van der Waals surface area contributed by atoms with Crippen molar-refractivity contribution < 1.29 is 14.5 Å². The van der Waals surface area contributed by atoms with E-state index >= 15 is 0 Å². The molecule has 1 aliphatic rings. The number of nitrogens with one attached hydrogen (secondary N) is 1. The van der Waals surface area contributed by atoms with E-state index in [0.717, 1.165) is 6.42 Å². The van der Waals surface area contributed by atoms with Gasteiger partial charge in [0.2, 0.25) is 0 Å². The Morgan fingerprint density at radius 1 is 1.23 bits per heavy atom. The van der Waals surface area contributed by atoms with Crippen LogP contribution in [0.3, 0.4) is 0 Å². The molecule has 3 rings (SSSR count). The molecule has 1 aliphatic heterocycles. The van der Waals surface area contributed by atoms with E-state index in [9.17, 15) is 14.9 Å². The second-order valence-electron chi connectivity index (χ2n) is 6.97. The van der Waals surface area contributed by atoms with E-state index in [4.69, 9.17) is 28.6 Å². The molecule has 2 aromatic rings. The molecule has 10 heteroatoms. The third-order valence-corrected chi connectivity index (χ3v) is 5.50. The molecule has 0 radical (unpaired) electrons. The van der Waals surface area contributed by atoms with Gasteiger partial charge in [-0.2, -0.15) is 0 Å². The topological polar surface area (TPSA) is 88.0 Å². The summed E-state index contributed by atoms with van der Waals surface area (Å²) in [5, 5.41) is 14.8.